The van der Waals surface area contributed by atoms with E-state index >= 15 is 0 Å². The zero-order valence-corrected chi connectivity index (χ0v) is 10.3. The van der Waals surface area contributed by atoms with Crippen molar-refractivity contribution in [2.75, 3.05) is 7.11 Å². The molecule has 2 rings (SSSR count). The lowest BCUT2D eigenvalue weighted by Crippen LogP contribution is -2.19. The zero-order chi connectivity index (χ0) is 11.5. The number of nitrogens with zero attached hydrogens (tertiary/aromatic N) is 2. The minimum Gasteiger partial charge on any atom is -0.381 e. The van der Waals surface area contributed by atoms with Gasteiger partial charge in [0, 0.05) is 18.9 Å². The molecule has 0 unspecified atom stereocenters. The maximum atomic E-state index is 5.35. The van der Waals surface area contributed by atoms with E-state index in [9.17, 15) is 0 Å². The Morgan fingerprint density at radius 3 is 2.44 bits per heavy atom. The van der Waals surface area contributed by atoms with Crippen LogP contribution < -0.4 is 0 Å². The van der Waals surface area contributed by atoms with Gasteiger partial charge in [0.05, 0.1) is 6.10 Å². The van der Waals surface area contributed by atoms with Gasteiger partial charge >= 0.3 is 0 Å². The standard InChI is InChI=1S/C12H20N2O2/c1-8(2)12-13-11(14-16-12)9-4-6-10(15-3)7-5-9/h8-10H,4-7H2,1-3H3. The van der Waals surface area contributed by atoms with Crippen LogP contribution in [0.15, 0.2) is 4.52 Å². The first kappa shape index (κ1) is 11.6. The first-order valence-corrected chi connectivity index (χ1v) is 6.07. The summed E-state index contributed by atoms with van der Waals surface area (Å²) in [6, 6.07) is 0. The highest BCUT2D eigenvalue weighted by atomic mass is 16.5. The van der Waals surface area contributed by atoms with Crippen LogP contribution in [0.5, 0.6) is 0 Å². The number of aromatic nitrogens is 2. The van der Waals surface area contributed by atoms with E-state index in [2.05, 4.69) is 24.0 Å². The van der Waals surface area contributed by atoms with Gasteiger partial charge in [-0.15, -0.1) is 0 Å². The molecule has 1 saturated carbocycles. The number of hydrogen-bond donors (Lipinski definition) is 0. The maximum Gasteiger partial charge on any atom is 0.229 e. The zero-order valence-electron chi connectivity index (χ0n) is 10.3. The second-order valence-corrected chi connectivity index (χ2v) is 4.85. The van der Waals surface area contributed by atoms with Crippen molar-refractivity contribution in [2.24, 2.45) is 0 Å². The Balaban J connectivity index is 1.97. The van der Waals surface area contributed by atoms with E-state index in [1.165, 1.54) is 0 Å². The summed E-state index contributed by atoms with van der Waals surface area (Å²) in [4.78, 5) is 4.47. The fourth-order valence-electron chi connectivity index (χ4n) is 2.20. The first-order valence-electron chi connectivity index (χ1n) is 6.07. The lowest BCUT2D eigenvalue weighted by Gasteiger charge is -2.25. The molecule has 0 spiro atoms. The number of rotatable bonds is 3. The molecule has 1 heterocycles. The molecule has 0 aromatic carbocycles. The van der Waals surface area contributed by atoms with Gasteiger partial charge in [0.1, 0.15) is 0 Å². The molecule has 0 saturated heterocycles. The Hall–Kier alpha value is -0.900. The molecule has 1 aromatic rings. The van der Waals surface area contributed by atoms with Crippen molar-refractivity contribution < 1.29 is 9.26 Å². The summed E-state index contributed by atoms with van der Waals surface area (Å²) in [5.74, 6) is 2.42. The predicted molar refractivity (Wildman–Crippen MR) is 60.4 cm³/mol. The van der Waals surface area contributed by atoms with E-state index in [-0.39, 0.29) is 0 Å². The van der Waals surface area contributed by atoms with Crippen molar-refractivity contribution >= 4 is 0 Å². The molecule has 1 fully saturated rings. The lowest BCUT2D eigenvalue weighted by molar-refractivity contribution is 0.0649. The number of hydrogen-bond acceptors (Lipinski definition) is 4. The normalized spacial score (nSPS) is 26.2. The van der Waals surface area contributed by atoms with Gasteiger partial charge in [-0.1, -0.05) is 19.0 Å². The fraction of sp³-hybridized carbons (Fsp3) is 0.833. The molecule has 0 atom stereocenters. The minimum atomic E-state index is 0.316. The van der Waals surface area contributed by atoms with E-state index in [4.69, 9.17) is 9.26 Å². The Bertz CT molecular complexity index is 328. The van der Waals surface area contributed by atoms with Crippen LogP contribution in [0.3, 0.4) is 0 Å². The van der Waals surface area contributed by atoms with Crippen LogP contribution in [0.4, 0.5) is 0 Å². The summed E-state index contributed by atoms with van der Waals surface area (Å²) < 4.78 is 10.6. The highest BCUT2D eigenvalue weighted by molar-refractivity contribution is 4.99. The van der Waals surface area contributed by atoms with Crippen LogP contribution in [0.1, 0.15) is 63.1 Å². The molecular weight excluding hydrogens is 204 g/mol. The Morgan fingerprint density at radius 2 is 1.94 bits per heavy atom. The molecule has 4 heteroatoms. The highest BCUT2D eigenvalue weighted by Crippen LogP contribution is 2.32. The van der Waals surface area contributed by atoms with Gasteiger partial charge in [-0.25, -0.2) is 0 Å². The topological polar surface area (TPSA) is 48.2 Å². The van der Waals surface area contributed by atoms with Crippen LogP contribution in [0.25, 0.3) is 0 Å². The molecule has 90 valence electrons. The second kappa shape index (κ2) is 4.95. The summed E-state index contributed by atoms with van der Waals surface area (Å²) >= 11 is 0. The largest absolute Gasteiger partial charge is 0.381 e. The molecule has 0 aliphatic heterocycles. The van der Waals surface area contributed by atoms with Crippen LogP contribution in [-0.4, -0.2) is 23.4 Å². The van der Waals surface area contributed by atoms with Crippen LogP contribution in [0, 0.1) is 0 Å². The molecule has 1 aliphatic carbocycles. The second-order valence-electron chi connectivity index (χ2n) is 4.85. The summed E-state index contributed by atoms with van der Waals surface area (Å²) in [6.45, 7) is 4.14. The monoisotopic (exact) mass is 224 g/mol. The smallest absolute Gasteiger partial charge is 0.229 e. The lowest BCUT2D eigenvalue weighted by atomic mass is 9.87. The molecule has 1 aromatic heterocycles. The van der Waals surface area contributed by atoms with Crippen LogP contribution in [-0.2, 0) is 4.74 Å². The third kappa shape index (κ3) is 2.43. The van der Waals surface area contributed by atoms with Gasteiger partial charge in [-0.3, -0.25) is 0 Å². The van der Waals surface area contributed by atoms with Crippen molar-refractivity contribution in [1.82, 2.24) is 10.1 Å². The minimum absolute atomic E-state index is 0.316. The average Bonchev–Trinajstić information content (AvgIpc) is 2.78. The predicted octanol–water partition coefficient (Wildman–Crippen LogP) is 2.87. The van der Waals surface area contributed by atoms with E-state index in [0.717, 1.165) is 37.4 Å². The summed E-state index contributed by atoms with van der Waals surface area (Å²) in [5.41, 5.74) is 0. The summed E-state index contributed by atoms with van der Waals surface area (Å²) in [5, 5.41) is 4.09. The Kier molecular flexibility index (Phi) is 3.59. The van der Waals surface area contributed by atoms with E-state index in [1.807, 2.05) is 0 Å². The quantitative estimate of drug-likeness (QED) is 0.792. The Labute approximate surface area is 96.4 Å². The summed E-state index contributed by atoms with van der Waals surface area (Å²) in [7, 11) is 1.79. The number of ether oxygens (including phenoxy) is 1. The first-order chi connectivity index (χ1) is 7.70. The van der Waals surface area contributed by atoms with Gasteiger partial charge in [-0.05, 0) is 25.7 Å². The van der Waals surface area contributed by atoms with Gasteiger partial charge in [-0.2, -0.15) is 4.98 Å². The molecule has 0 radical (unpaired) electrons. The average molecular weight is 224 g/mol. The molecule has 0 amide bonds. The maximum absolute atomic E-state index is 5.35. The molecule has 16 heavy (non-hydrogen) atoms. The third-order valence-corrected chi connectivity index (χ3v) is 3.32. The third-order valence-electron chi connectivity index (χ3n) is 3.32. The molecule has 4 nitrogen and oxygen atoms in total. The summed E-state index contributed by atoms with van der Waals surface area (Å²) in [6.07, 6.45) is 4.85. The van der Waals surface area contributed by atoms with Crippen molar-refractivity contribution in [3.63, 3.8) is 0 Å². The highest BCUT2D eigenvalue weighted by Gasteiger charge is 2.26. The van der Waals surface area contributed by atoms with Gasteiger partial charge in [0.25, 0.3) is 0 Å². The van der Waals surface area contributed by atoms with Gasteiger partial charge in [0.2, 0.25) is 5.89 Å². The molecule has 1 aliphatic rings. The number of methoxy groups -OCH3 is 1. The van der Waals surface area contributed by atoms with Crippen molar-refractivity contribution in [2.45, 2.75) is 57.5 Å². The van der Waals surface area contributed by atoms with Crippen molar-refractivity contribution in [3.05, 3.63) is 11.7 Å². The van der Waals surface area contributed by atoms with E-state index in [1.54, 1.807) is 7.11 Å². The van der Waals surface area contributed by atoms with E-state index in [0.29, 0.717) is 17.9 Å². The van der Waals surface area contributed by atoms with Gasteiger partial charge in [0.15, 0.2) is 5.82 Å². The fourth-order valence-corrected chi connectivity index (χ4v) is 2.20. The van der Waals surface area contributed by atoms with E-state index < -0.39 is 0 Å². The SMILES string of the molecule is COC1CCC(c2noc(C(C)C)n2)CC1. The van der Waals surface area contributed by atoms with Crippen molar-refractivity contribution in [1.29, 1.82) is 0 Å². The van der Waals surface area contributed by atoms with Crippen molar-refractivity contribution in [3.8, 4) is 0 Å². The molecule has 0 N–H and O–H groups in total. The van der Waals surface area contributed by atoms with Crippen LogP contribution >= 0.6 is 0 Å². The Morgan fingerprint density at radius 1 is 1.25 bits per heavy atom. The van der Waals surface area contributed by atoms with Crippen LogP contribution in [0.2, 0.25) is 0 Å². The molecular formula is C12H20N2O2. The molecule has 0 bridgehead atoms. The van der Waals surface area contributed by atoms with Gasteiger partial charge < -0.3 is 9.26 Å².